The maximum absolute atomic E-state index is 13.2. The highest BCUT2D eigenvalue weighted by atomic mass is 32.1. The Labute approximate surface area is 194 Å². The first-order chi connectivity index (χ1) is 15.5. The number of hydrogen-bond donors (Lipinski definition) is 0. The van der Waals surface area contributed by atoms with E-state index in [4.69, 9.17) is 9.47 Å². The normalized spacial score (nSPS) is 13.1. The van der Waals surface area contributed by atoms with Crippen LogP contribution in [0.4, 0.5) is 8.78 Å². The molecule has 33 heavy (non-hydrogen) atoms. The van der Waals surface area contributed by atoms with Gasteiger partial charge in [0.25, 0.3) is 5.56 Å². The molecule has 0 aliphatic rings. The van der Waals surface area contributed by atoms with Crippen molar-refractivity contribution in [2.45, 2.75) is 40.3 Å². The van der Waals surface area contributed by atoms with Gasteiger partial charge in [0.15, 0.2) is 17.3 Å². The average Bonchev–Trinajstić information content (AvgIpc) is 3.04. The summed E-state index contributed by atoms with van der Waals surface area (Å²) in [5, 5.41) is 9.73. The molecule has 1 aromatic carbocycles. The maximum Gasteiger partial charge on any atom is 0.387 e. The monoisotopic (exact) mass is 480 g/mol. The number of methoxy groups -OCH3 is 2. The number of ketones is 1. The molecule has 0 aliphatic heterocycles. The van der Waals surface area contributed by atoms with Crippen molar-refractivity contribution in [1.82, 2.24) is 4.57 Å². The topological polar surface area (TPSA) is 90.5 Å². The van der Waals surface area contributed by atoms with Crippen LogP contribution < -0.4 is 24.2 Å². The summed E-state index contributed by atoms with van der Waals surface area (Å²) in [6.45, 7) is 2.77. The zero-order chi connectivity index (χ0) is 24.8. The van der Waals surface area contributed by atoms with Gasteiger partial charge in [-0.1, -0.05) is 26.8 Å². The highest BCUT2D eigenvalue weighted by Gasteiger charge is 2.27. The number of rotatable bonds is 9. The molecule has 0 saturated heterocycles. The number of carbonyl (C=O) groups is 1. The Balaban J connectivity index is 2.73. The molecule has 1 aromatic heterocycles. The van der Waals surface area contributed by atoms with Gasteiger partial charge in [0.1, 0.15) is 16.3 Å². The van der Waals surface area contributed by atoms with E-state index in [1.807, 2.05) is 6.07 Å². The molecule has 0 radical (unpaired) electrons. The minimum Gasteiger partial charge on any atom is -0.493 e. The van der Waals surface area contributed by atoms with Crippen LogP contribution in [0.2, 0.25) is 0 Å². The van der Waals surface area contributed by atoms with Crippen LogP contribution >= 0.6 is 11.3 Å². The zero-order valence-electron chi connectivity index (χ0n) is 19.1. The third kappa shape index (κ3) is 6.49. The molecule has 0 amide bonds. The number of halogens is 2. The van der Waals surface area contributed by atoms with Crippen LogP contribution in [-0.2, 0) is 16.1 Å². The number of carbonyl (C=O) groups excluding carboxylic acids is 1. The van der Waals surface area contributed by atoms with Crippen LogP contribution in [-0.4, -0.2) is 37.8 Å². The summed E-state index contributed by atoms with van der Waals surface area (Å²) in [6, 6.07) is 6.25. The number of ether oxygens (including phenoxy) is 3. The Morgan fingerprint density at radius 2 is 1.97 bits per heavy atom. The number of thiazole rings is 1. The van der Waals surface area contributed by atoms with Crippen LogP contribution in [0.5, 0.6) is 11.5 Å². The lowest BCUT2D eigenvalue weighted by Gasteiger charge is -2.15. The quantitative estimate of drug-likeness (QED) is 0.513. The number of nitriles is 1. The van der Waals surface area contributed by atoms with Gasteiger partial charge in [-0.25, -0.2) is 0 Å². The summed E-state index contributed by atoms with van der Waals surface area (Å²) in [4.78, 5) is 26.0. The van der Waals surface area contributed by atoms with Gasteiger partial charge < -0.3 is 14.2 Å². The first-order valence-electron chi connectivity index (χ1n) is 10.1. The number of aromatic nitrogens is 1. The largest absolute Gasteiger partial charge is 0.493 e. The van der Waals surface area contributed by atoms with Crippen LogP contribution in [0.25, 0.3) is 11.6 Å². The number of alkyl halides is 2. The van der Waals surface area contributed by atoms with E-state index in [2.05, 4.69) is 4.74 Å². The molecule has 0 atom stereocenters. The van der Waals surface area contributed by atoms with Gasteiger partial charge in [-0.2, -0.15) is 14.0 Å². The van der Waals surface area contributed by atoms with E-state index in [1.54, 1.807) is 34.0 Å². The van der Waals surface area contributed by atoms with Gasteiger partial charge in [-0.15, -0.1) is 11.3 Å². The molecule has 0 unspecified atom stereocenters. The summed E-state index contributed by atoms with van der Waals surface area (Å²) in [7, 11) is 2.86. The maximum atomic E-state index is 13.2. The Bertz CT molecular complexity index is 1220. The molecule has 10 heteroatoms. The molecule has 2 rings (SSSR count). The fourth-order valence-electron chi connectivity index (χ4n) is 2.96. The number of Topliss-reactive ketones (excluding diaryl/α,β-unsaturated/α-hetero) is 1. The van der Waals surface area contributed by atoms with E-state index in [1.165, 1.54) is 29.9 Å². The predicted molar refractivity (Wildman–Crippen MR) is 121 cm³/mol. The van der Waals surface area contributed by atoms with Gasteiger partial charge in [0, 0.05) is 25.7 Å². The average molecular weight is 481 g/mol. The Kier molecular flexibility index (Phi) is 8.91. The van der Waals surface area contributed by atoms with Crippen molar-refractivity contribution < 1.29 is 27.8 Å². The molecule has 0 N–H and O–H groups in total. The predicted octanol–water partition coefficient (Wildman–Crippen LogP) is 2.67. The second-order valence-corrected chi connectivity index (χ2v) is 9.10. The molecular weight excluding hydrogens is 454 g/mol. The molecule has 2 aromatic rings. The minimum atomic E-state index is -3.01. The fraction of sp³-hybridized carbons (Fsp3) is 0.435. The van der Waals surface area contributed by atoms with Crippen molar-refractivity contribution in [3.63, 3.8) is 0 Å². The molecule has 0 aliphatic carbocycles. The molecule has 7 nitrogen and oxygen atoms in total. The van der Waals surface area contributed by atoms with E-state index in [0.717, 1.165) is 11.3 Å². The summed E-state index contributed by atoms with van der Waals surface area (Å²) in [5.41, 5.74) is -0.754. The van der Waals surface area contributed by atoms with E-state index < -0.39 is 12.0 Å². The van der Waals surface area contributed by atoms with Gasteiger partial charge in [0.2, 0.25) is 0 Å². The Morgan fingerprint density at radius 3 is 2.52 bits per heavy atom. The summed E-state index contributed by atoms with van der Waals surface area (Å²) in [6.07, 6.45) is 2.06. The van der Waals surface area contributed by atoms with Crippen LogP contribution in [0.3, 0.4) is 0 Å². The summed E-state index contributed by atoms with van der Waals surface area (Å²) in [5.74, 6) is -0.425. The van der Waals surface area contributed by atoms with Crippen molar-refractivity contribution in [1.29, 1.82) is 5.26 Å². The van der Waals surface area contributed by atoms with E-state index in [-0.39, 0.29) is 44.2 Å². The van der Waals surface area contributed by atoms with Gasteiger partial charge in [0.05, 0.1) is 11.6 Å². The Hall–Kier alpha value is -3.03. The summed E-state index contributed by atoms with van der Waals surface area (Å²) < 4.78 is 41.7. The number of hydrogen-bond acceptors (Lipinski definition) is 7. The third-order valence-electron chi connectivity index (χ3n) is 4.57. The SMILES string of the molecule is COCCCn1c(=O)/c(=C/c2ccc(OC(F)F)c(OC)c2)s/c1=C(/C#N)C(=O)C(C)(C)C. The van der Waals surface area contributed by atoms with Crippen LogP contribution in [0.15, 0.2) is 23.0 Å². The molecule has 178 valence electrons. The lowest BCUT2D eigenvalue weighted by Crippen LogP contribution is -2.34. The zero-order valence-corrected chi connectivity index (χ0v) is 19.9. The van der Waals surface area contributed by atoms with E-state index >= 15 is 0 Å². The van der Waals surface area contributed by atoms with Crippen molar-refractivity contribution in [3.8, 4) is 17.6 Å². The first-order valence-corrected chi connectivity index (χ1v) is 10.9. The fourth-order valence-corrected chi connectivity index (χ4v) is 4.09. The van der Waals surface area contributed by atoms with Crippen LogP contribution in [0, 0.1) is 16.7 Å². The van der Waals surface area contributed by atoms with Crippen molar-refractivity contribution in [2.75, 3.05) is 20.8 Å². The van der Waals surface area contributed by atoms with Crippen LogP contribution in [0.1, 0.15) is 32.8 Å². The second-order valence-electron chi connectivity index (χ2n) is 8.07. The van der Waals surface area contributed by atoms with Gasteiger partial charge >= 0.3 is 6.61 Å². The molecule has 1 heterocycles. The Morgan fingerprint density at radius 1 is 1.27 bits per heavy atom. The number of nitrogens with zero attached hydrogens (tertiary/aromatic N) is 2. The third-order valence-corrected chi connectivity index (χ3v) is 5.70. The smallest absolute Gasteiger partial charge is 0.387 e. The van der Waals surface area contributed by atoms with E-state index in [0.29, 0.717) is 18.6 Å². The highest BCUT2D eigenvalue weighted by molar-refractivity contribution is 7.07. The summed E-state index contributed by atoms with van der Waals surface area (Å²) >= 11 is 1.03. The molecule has 0 saturated carbocycles. The highest BCUT2D eigenvalue weighted by Crippen LogP contribution is 2.29. The lowest BCUT2D eigenvalue weighted by atomic mass is 9.87. The van der Waals surface area contributed by atoms with Gasteiger partial charge in [-0.05, 0) is 30.2 Å². The van der Waals surface area contributed by atoms with Gasteiger partial charge in [-0.3, -0.25) is 14.2 Å². The lowest BCUT2D eigenvalue weighted by molar-refractivity contribution is -0.120. The van der Waals surface area contributed by atoms with E-state index in [9.17, 15) is 23.6 Å². The van der Waals surface area contributed by atoms with Crippen molar-refractivity contribution in [2.24, 2.45) is 5.41 Å². The first kappa shape index (κ1) is 26.2. The second kappa shape index (κ2) is 11.2. The van der Waals surface area contributed by atoms with Crippen molar-refractivity contribution in [3.05, 3.63) is 43.3 Å². The molecule has 0 fully saturated rings. The molecule has 0 spiro atoms. The molecular formula is C23H26F2N2O5S. The standard InChI is InChI=1S/C23H26F2N2O5S/c1-23(2,3)19(28)15(13-26)21-27(9-6-10-30-4)20(29)18(33-21)12-14-7-8-16(32-22(24)25)17(11-14)31-5/h7-8,11-12,22H,6,9-10H2,1-5H3/b18-12-,21-15-. The minimum absolute atomic E-state index is 0.0773. The number of benzene rings is 1. The molecule has 0 bridgehead atoms. The van der Waals surface area contributed by atoms with Crippen molar-refractivity contribution >= 4 is 28.8 Å².